The molecule has 0 aromatic carbocycles. The molecule has 0 aliphatic carbocycles. The molecule has 8 heteroatoms. The van der Waals surface area contributed by atoms with Gasteiger partial charge < -0.3 is 20.7 Å². The van der Waals surface area contributed by atoms with Crippen molar-refractivity contribution in [2.45, 2.75) is 26.7 Å². The molecular weight excluding hydrogens is 351 g/mol. The fourth-order valence-corrected chi connectivity index (χ4v) is 2.67. The summed E-state index contributed by atoms with van der Waals surface area (Å²) in [6, 6.07) is 3.82. The molecule has 0 spiro atoms. The zero-order chi connectivity index (χ0) is 16.0. The number of nitrogens with zero attached hydrogens (tertiary/aromatic N) is 2. The van der Waals surface area contributed by atoms with Crippen LogP contribution in [0.4, 0.5) is 11.5 Å². The quantitative estimate of drug-likeness (QED) is 0.794. The molecule has 0 unspecified atom stereocenters. The Morgan fingerprint density at radius 3 is 2.38 bits per heavy atom. The number of nitrogens with two attached hydrogens (primary N) is 1. The van der Waals surface area contributed by atoms with E-state index in [0.717, 1.165) is 44.8 Å². The Hall–Kier alpha value is -1.08. The summed E-state index contributed by atoms with van der Waals surface area (Å²) in [4.78, 5) is 19.0. The molecule has 1 saturated heterocycles. The number of morpholine rings is 1. The summed E-state index contributed by atoms with van der Waals surface area (Å²) in [6.07, 6.45) is 3.23. The molecule has 2 rings (SSSR count). The highest BCUT2D eigenvalue weighted by Crippen LogP contribution is 2.27. The van der Waals surface area contributed by atoms with Gasteiger partial charge in [-0.25, -0.2) is 4.98 Å². The summed E-state index contributed by atoms with van der Waals surface area (Å²) in [7, 11) is 0. The van der Waals surface area contributed by atoms with Crippen LogP contribution in [0.15, 0.2) is 18.3 Å². The smallest absolute Gasteiger partial charge is 0.233 e. The number of hydrogen-bond acceptors (Lipinski definition) is 5. The van der Waals surface area contributed by atoms with Crippen LogP contribution in [-0.4, -0.2) is 43.7 Å². The summed E-state index contributed by atoms with van der Waals surface area (Å²) in [6.45, 7) is 7.55. The van der Waals surface area contributed by atoms with Gasteiger partial charge in [0.05, 0.1) is 30.5 Å². The Bertz CT molecular complexity index is 481. The highest BCUT2D eigenvalue weighted by atomic mass is 35.5. The second-order valence-electron chi connectivity index (χ2n) is 5.65. The standard InChI is InChI=1S/C16H26N4O2.2ClH/c1-3-16(4-2,12-17)15(21)19-14-6-5-13(11-18-14)20-7-9-22-10-8-20;;/h5-6,11H,3-4,7-10,12,17H2,1-2H3,(H,18,19,21);2*1H. The first-order chi connectivity index (χ1) is 10.6. The van der Waals surface area contributed by atoms with E-state index in [1.54, 1.807) is 6.20 Å². The van der Waals surface area contributed by atoms with E-state index >= 15 is 0 Å². The van der Waals surface area contributed by atoms with Gasteiger partial charge in [-0.05, 0) is 25.0 Å². The van der Waals surface area contributed by atoms with Crippen molar-refractivity contribution < 1.29 is 9.53 Å². The first kappa shape index (κ1) is 22.9. The number of hydrogen-bond donors (Lipinski definition) is 2. The Labute approximate surface area is 156 Å². The van der Waals surface area contributed by atoms with E-state index in [9.17, 15) is 4.79 Å². The lowest BCUT2D eigenvalue weighted by Gasteiger charge is -2.29. The van der Waals surface area contributed by atoms with Crippen LogP contribution in [0.3, 0.4) is 0 Å². The van der Waals surface area contributed by atoms with E-state index in [0.29, 0.717) is 12.4 Å². The minimum Gasteiger partial charge on any atom is -0.378 e. The maximum atomic E-state index is 12.5. The molecule has 24 heavy (non-hydrogen) atoms. The zero-order valence-electron chi connectivity index (χ0n) is 14.3. The van der Waals surface area contributed by atoms with Crippen LogP contribution in [-0.2, 0) is 9.53 Å². The Kier molecular flexibility index (Phi) is 10.2. The summed E-state index contributed by atoms with van der Waals surface area (Å²) in [5.74, 6) is 0.522. The number of pyridine rings is 1. The lowest BCUT2D eigenvalue weighted by molar-refractivity contribution is -0.125. The van der Waals surface area contributed by atoms with Crippen LogP contribution >= 0.6 is 24.8 Å². The van der Waals surface area contributed by atoms with Crippen LogP contribution in [0.25, 0.3) is 0 Å². The van der Waals surface area contributed by atoms with Gasteiger partial charge in [0.1, 0.15) is 5.82 Å². The largest absolute Gasteiger partial charge is 0.378 e. The van der Waals surface area contributed by atoms with Gasteiger partial charge in [-0.3, -0.25) is 4.79 Å². The van der Waals surface area contributed by atoms with E-state index in [2.05, 4.69) is 15.2 Å². The predicted molar refractivity (Wildman–Crippen MR) is 102 cm³/mol. The molecule has 1 fully saturated rings. The number of rotatable bonds is 6. The third kappa shape index (κ3) is 5.21. The number of carbonyl (C=O) groups is 1. The van der Waals surface area contributed by atoms with Crippen LogP contribution in [0.1, 0.15) is 26.7 Å². The van der Waals surface area contributed by atoms with Gasteiger partial charge in [-0.1, -0.05) is 13.8 Å². The molecule has 0 atom stereocenters. The van der Waals surface area contributed by atoms with Gasteiger partial charge in [-0.2, -0.15) is 0 Å². The average Bonchev–Trinajstić information content (AvgIpc) is 2.58. The highest BCUT2D eigenvalue weighted by Gasteiger charge is 2.33. The summed E-state index contributed by atoms with van der Waals surface area (Å²) in [5.41, 5.74) is 6.35. The maximum absolute atomic E-state index is 12.5. The molecule has 1 aromatic rings. The van der Waals surface area contributed by atoms with E-state index in [4.69, 9.17) is 10.5 Å². The molecule has 2 heterocycles. The lowest BCUT2D eigenvalue weighted by Crippen LogP contribution is -2.41. The molecule has 0 saturated carbocycles. The number of anilines is 2. The van der Waals surface area contributed by atoms with Crippen LogP contribution < -0.4 is 16.0 Å². The van der Waals surface area contributed by atoms with Gasteiger partial charge in [0.25, 0.3) is 0 Å². The maximum Gasteiger partial charge on any atom is 0.233 e. The van der Waals surface area contributed by atoms with Crippen molar-refractivity contribution in [3.8, 4) is 0 Å². The van der Waals surface area contributed by atoms with Crippen molar-refractivity contribution in [2.75, 3.05) is 43.1 Å². The SMILES string of the molecule is CCC(CC)(CN)C(=O)Nc1ccc(N2CCOCC2)cn1.Cl.Cl. The fourth-order valence-electron chi connectivity index (χ4n) is 2.67. The van der Waals surface area contributed by atoms with Crippen molar-refractivity contribution in [1.82, 2.24) is 4.98 Å². The minimum atomic E-state index is -0.509. The molecule has 1 amide bonds. The lowest BCUT2D eigenvalue weighted by atomic mass is 9.81. The van der Waals surface area contributed by atoms with E-state index in [1.165, 1.54) is 0 Å². The molecule has 1 aromatic heterocycles. The Morgan fingerprint density at radius 1 is 1.29 bits per heavy atom. The normalized spacial score (nSPS) is 14.4. The molecule has 3 N–H and O–H groups in total. The van der Waals surface area contributed by atoms with Gasteiger partial charge >= 0.3 is 0 Å². The number of aromatic nitrogens is 1. The van der Waals surface area contributed by atoms with Crippen molar-refractivity contribution in [2.24, 2.45) is 11.1 Å². The topological polar surface area (TPSA) is 80.5 Å². The molecule has 138 valence electrons. The molecule has 0 radical (unpaired) electrons. The second kappa shape index (κ2) is 10.7. The highest BCUT2D eigenvalue weighted by molar-refractivity contribution is 5.94. The third-order valence-electron chi connectivity index (χ3n) is 4.59. The first-order valence-electron chi connectivity index (χ1n) is 7.95. The van der Waals surface area contributed by atoms with Crippen LogP contribution in [0, 0.1) is 5.41 Å². The van der Waals surface area contributed by atoms with Crippen molar-refractivity contribution >= 4 is 42.2 Å². The van der Waals surface area contributed by atoms with Crippen molar-refractivity contribution in [3.05, 3.63) is 18.3 Å². The van der Waals surface area contributed by atoms with E-state index in [1.807, 2.05) is 26.0 Å². The van der Waals surface area contributed by atoms with Gasteiger partial charge in [0, 0.05) is 19.6 Å². The Balaban J connectivity index is 0.00000264. The van der Waals surface area contributed by atoms with Crippen molar-refractivity contribution in [1.29, 1.82) is 0 Å². The van der Waals surface area contributed by atoms with E-state index < -0.39 is 5.41 Å². The van der Waals surface area contributed by atoms with Gasteiger partial charge in [0.15, 0.2) is 0 Å². The molecule has 0 bridgehead atoms. The fraction of sp³-hybridized carbons (Fsp3) is 0.625. The number of carbonyl (C=O) groups excluding carboxylic acids is 1. The predicted octanol–water partition coefficient (Wildman–Crippen LogP) is 2.47. The van der Waals surface area contributed by atoms with Gasteiger partial charge in [0.2, 0.25) is 5.91 Å². The molecule has 6 nitrogen and oxygen atoms in total. The average molecular weight is 379 g/mol. The summed E-state index contributed by atoms with van der Waals surface area (Å²) in [5, 5.41) is 2.89. The summed E-state index contributed by atoms with van der Waals surface area (Å²) >= 11 is 0. The molecule has 1 aliphatic rings. The monoisotopic (exact) mass is 378 g/mol. The van der Waals surface area contributed by atoms with E-state index in [-0.39, 0.29) is 30.7 Å². The van der Waals surface area contributed by atoms with Crippen molar-refractivity contribution in [3.63, 3.8) is 0 Å². The zero-order valence-corrected chi connectivity index (χ0v) is 15.9. The first-order valence-corrected chi connectivity index (χ1v) is 7.95. The minimum absolute atomic E-state index is 0. The number of ether oxygens (including phenoxy) is 1. The Morgan fingerprint density at radius 2 is 1.92 bits per heavy atom. The number of amides is 1. The number of halogens is 2. The molecule has 1 aliphatic heterocycles. The van der Waals surface area contributed by atoms with Crippen LogP contribution in [0.2, 0.25) is 0 Å². The second-order valence-corrected chi connectivity index (χ2v) is 5.65. The third-order valence-corrected chi connectivity index (χ3v) is 4.59. The van der Waals surface area contributed by atoms with Gasteiger partial charge in [-0.15, -0.1) is 24.8 Å². The summed E-state index contributed by atoms with van der Waals surface area (Å²) < 4.78 is 5.34. The number of nitrogens with one attached hydrogen (secondary N) is 1. The van der Waals surface area contributed by atoms with Crippen LogP contribution in [0.5, 0.6) is 0 Å². The molecular formula is C16H28Cl2N4O2.